The van der Waals surface area contributed by atoms with Crippen molar-refractivity contribution >= 4 is 58.4 Å². The molecule has 0 bridgehead atoms. The van der Waals surface area contributed by atoms with Gasteiger partial charge >= 0.3 is 58.4 Å². The number of hydrogen-bond acceptors (Lipinski definition) is 1. The van der Waals surface area contributed by atoms with Crippen molar-refractivity contribution in [3.63, 3.8) is 0 Å². The molecule has 0 fully saturated rings. The second-order valence-electron chi connectivity index (χ2n) is 2.56. The third kappa shape index (κ3) is 17.4. The van der Waals surface area contributed by atoms with E-state index in [-0.39, 0.29) is 52.4 Å². The Hall–Kier alpha value is 1.24. The second-order valence-corrected chi connectivity index (χ2v) is 2.56. The number of aliphatic carboxylic acids is 1. The number of carbonyl (C=O) groups is 1. The van der Waals surface area contributed by atoms with Gasteiger partial charge in [-0.3, -0.25) is 4.79 Å². The molecule has 0 aliphatic carbocycles. The number of carboxylic acid groups (broad SMARTS) is 1. The zero-order chi connectivity index (χ0) is 7.82. The average molecular weight is 568 g/mol. The fourth-order valence-corrected chi connectivity index (χ4v) is 0.880. The van der Waals surface area contributed by atoms with Crippen LogP contribution in [0.2, 0.25) is 0 Å². The normalized spacial score (nSPS) is 8.08. The summed E-state index contributed by atoms with van der Waals surface area (Å²) in [6.07, 6.45) is 5.88. The van der Waals surface area contributed by atoms with E-state index >= 15 is 0 Å². The van der Waals surface area contributed by atoms with Gasteiger partial charge in [0.15, 0.2) is 0 Å². The first-order valence-corrected chi connectivity index (χ1v) is 3.99. The van der Waals surface area contributed by atoms with Gasteiger partial charge in [-0.05, 0) is 6.42 Å². The van der Waals surface area contributed by atoms with Crippen LogP contribution in [0, 0.1) is 0 Å². The summed E-state index contributed by atoms with van der Waals surface area (Å²) in [5.74, 6) is -0.670. The number of hydrogen-bond donors (Lipinski definition) is 1. The number of rotatable bonds is 6. The summed E-state index contributed by atoms with van der Waals surface area (Å²) >= 11 is 0. The van der Waals surface area contributed by atoms with Crippen LogP contribution in [0.25, 0.3) is 0 Å². The second kappa shape index (κ2) is 14.7. The van der Waals surface area contributed by atoms with Gasteiger partial charge in [-0.1, -0.05) is 32.6 Å². The molecule has 0 radical (unpaired) electrons. The van der Waals surface area contributed by atoms with E-state index in [9.17, 15) is 4.79 Å². The van der Waals surface area contributed by atoms with Gasteiger partial charge in [0.2, 0.25) is 0 Å². The first-order valence-electron chi connectivity index (χ1n) is 3.99. The van der Waals surface area contributed by atoms with E-state index in [4.69, 9.17) is 5.11 Å². The van der Waals surface area contributed by atoms with E-state index in [1.165, 1.54) is 19.3 Å². The fourth-order valence-electron chi connectivity index (χ4n) is 0.880. The summed E-state index contributed by atoms with van der Waals surface area (Å²) in [6.45, 7) is 2.15. The van der Waals surface area contributed by atoms with Crippen molar-refractivity contribution in [3.8, 4) is 0 Å². The minimum absolute atomic E-state index is 0. The molecule has 12 heavy (non-hydrogen) atoms. The van der Waals surface area contributed by atoms with Crippen molar-refractivity contribution in [1.29, 1.82) is 0 Å². The molecule has 0 aliphatic rings. The summed E-state index contributed by atoms with van der Waals surface area (Å²) in [4.78, 5) is 10.0. The van der Waals surface area contributed by atoms with E-state index in [0.717, 1.165) is 12.8 Å². The van der Waals surface area contributed by atoms with Crippen LogP contribution in [-0.2, 0) is 4.79 Å². The molecular weight excluding hydrogens is 546 g/mol. The van der Waals surface area contributed by atoms with Crippen LogP contribution in [0.4, 0.5) is 0 Å². The predicted molar refractivity (Wildman–Crippen MR) is 60.9 cm³/mol. The summed E-state index contributed by atoms with van der Waals surface area (Å²) in [6, 6.07) is 0. The van der Waals surface area contributed by atoms with E-state index in [0.29, 0.717) is 6.42 Å². The van der Waals surface area contributed by atoms with Gasteiger partial charge < -0.3 is 5.11 Å². The molecule has 0 atom stereocenters. The molecule has 76 valence electrons. The predicted octanol–water partition coefficient (Wildman–Crippen LogP) is 0.0637. The van der Waals surface area contributed by atoms with Gasteiger partial charge in [-0.25, -0.2) is 0 Å². The molecule has 0 rings (SSSR count). The molecule has 0 heterocycles. The summed E-state index contributed by atoms with van der Waals surface area (Å²) in [7, 11) is 0. The Morgan fingerprint density at radius 3 is 2.00 bits per heavy atom. The third-order valence-electron chi connectivity index (χ3n) is 1.49. The average Bonchev–Trinajstić information content (AvgIpc) is 1.87. The molecule has 0 spiro atoms. The Balaban J connectivity index is -0.000000405. The quantitative estimate of drug-likeness (QED) is 0.364. The van der Waals surface area contributed by atoms with Gasteiger partial charge in [0.1, 0.15) is 0 Å². The number of carboxylic acids is 1. The van der Waals surface area contributed by atoms with Crippen molar-refractivity contribution in [2.45, 2.75) is 45.4 Å². The van der Waals surface area contributed by atoms with E-state index < -0.39 is 5.97 Å². The molecule has 0 unspecified atom stereocenters. The molecule has 2 nitrogen and oxygen atoms in total. The summed E-state index contributed by atoms with van der Waals surface area (Å²) in [5, 5.41) is 8.27. The molecule has 0 saturated heterocycles. The molecule has 1 N–H and O–H groups in total. The third-order valence-corrected chi connectivity index (χ3v) is 1.49. The molecule has 0 saturated carbocycles. The fraction of sp³-hybridized carbons (Fsp3) is 0.875. The van der Waals surface area contributed by atoms with Crippen molar-refractivity contribution in [2.24, 2.45) is 0 Å². The first-order chi connectivity index (χ1) is 4.77. The summed E-state index contributed by atoms with van der Waals surface area (Å²) < 4.78 is 0. The van der Waals surface area contributed by atoms with Crippen LogP contribution >= 0.6 is 0 Å². The van der Waals surface area contributed by atoms with Gasteiger partial charge in [0.05, 0.1) is 0 Å². The van der Waals surface area contributed by atoms with E-state index in [1.54, 1.807) is 0 Å². The molecule has 0 aromatic heterocycles. The zero-order valence-electron chi connectivity index (χ0n) is 8.01. The Morgan fingerprint density at radius 2 is 1.58 bits per heavy atom. The standard InChI is InChI=1S/C8H16O2.2Bi.6H/c1-2-3-4-5-6-7-8(9)10;;;;;;;;/h2-7H2,1H3,(H,9,10);;;;;;;;. The Morgan fingerprint density at radius 1 is 1.08 bits per heavy atom. The van der Waals surface area contributed by atoms with Crippen LogP contribution in [0.5, 0.6) is 0 Å². The van der Waals surface area contributed by atoms with Crippen LogP contribution in [-0.4, -0.2) is 63.5 Å². The molecule has 0 aromatic carbocycles. The van der Waals surface area contributed by atoms with Crippen molar-refractivity contribution in [2.75, 3.05) is 0 Å². The van der Waals surface area contributed by atoms with Crippen LogP contribution < -0.4 is 0 Å². The van der Waals surface area contributed by atoms with Crippen LogP contribution in [0.1, 0.15) is 45.4 Å². The Bertz CT molecular complexity index is 97.1. The van der Waals surface area contributed by atoms with Gasteiger partial charge in [0, 0.05) is 6.42 Å². The first kappa shape index (κ1) is 18.9. The molecule has 4 heteroatoms. The molecule has 0 amide bonds. The summed E-state index contributed by atoms with van der Waals surface area (Å²) in [5.41, 5.74) is 0. The van der Waals surface area contributed by atoms with Crippen molar-refractivity contribution in [1.82, 2.24) is 0 Å². The van der Waals surface area contributed by atoms with Crippen molar-refractivity contribution < 1.29 is 9.90 Å². The topological polar surface area (TPSA) is 37.3 Å². The maximum absolute atomic E-state index is 10.0. The minimum atomic E-state index is -0.670. The van der Waals surface area contributed by atoms with Gasteiger partial charge in [-0.2, -0.15) is 0 Å². The number of unbranched alkanes of at least 4 members (excludes halogenated alkanes) is 4. The van der Waals surface area contributed by atoms with Crippen LogP contribution in [0.15, 0.2) is 0 Å². The Labute approximate surface area is 113 Å². The van der Waals surface area contributed by atoms with E-state index in [1.807, 2.05) is 0 Å². The van der Waals surface area contributed by atoms with Gasteiger partial charge in [-0.15, -0.1) is 0 Å². The SMILES string of the molecule is CCCCCCCC(=O)O.[BiH3].[BiH3]. The Kier molecular flexibility index (Phi) is 23.2. The molecule has 0 aromatic rings. The van der Waals surface area contributed by atoms with Crippen molar-refractivity contribution in [3.05, 3.63) is 0 Å². The maximum atomic E-state index is 10.0. The van der Waals surface area contributed by atoms with Crippen LogP contribution in [0.3, 0.4) is 0 Å². The van der Waals surface area contributed by atoms with Gasteiger partial charge in [0.25, 0.3) is 0 Å². The molecular formula is C8H22Bi2O2. The monoisotopic (exact) mass is 568 g/mol. The molecule has 0 aliphatic heterocycles. The van der Waals surface area contributed by atoms with E-state index in [2.05, 4.69) is 6.92 Å². The zero-order valence-corrected chi connectivity index (χ0v) is 19.0.